The first kappa shape index (κ1) is 15.0. The van der Waals surface area contributed by atoms with Gasteiger partial charge in [-0.2, -0.15) is 0 Å². The highest BCUT2D eigenvalue weighted by Crippen LogP contribution is 2.27. The van der Waals surface area contributed by atoms with Crippen molar-refractivity contribution in [2.45, 2.75) is 6.92 Å². The number of rotatable bonds is 4. The zero-order valence-corrected chi connectivity index (χ0v) is 13.0. The van der Waals surface area contributed by atoms with Crippen LogP contribution in [-0.4, -0.2) is 19.9 Å². The quantitative estimate of drug-likeness (QED) is 0.675. The van der Waals surface area contributed by atoms with Crippen molar-refractivity contribution in [2.75, 3.05) is 16.4 Å². The summed E-state index contributed by atoms with van der Waals surface area (Å²) in [6, 6.07) is 9.11. The van der Waals surface area contributed by atoms with Gasteiger partial charge in [0, 0.05) is 11.9 Å². The first-order valence-corrected chi connectivity index (χ1v) is 7.19. The molecular weight excluding hydrogens is 314 g/mol. The summed E-state index contributed by atoms with van der Waals surface area (Å²) in [5.74, 6) is 2.16. The lowest BCUT2D eigenvalue weighted by Gasteiger charge is -2.12. The van der Waals surface area contributed by atoms with Gasteiger partial charge >= 0.3 is 0 Å². The van der Waals surface area contributed by atoms with Crippen molar-refractivity contribution in [2.24, 2.45) is 0 Å². The summed E-state index contributed by atoms with van der Waals surface area (Å²) in [5, 5.41) is 6.66. The number of hydrogen-bond donors (Lipinski definition) is 3. The summed E-state index contributed by atoms with van der Waals surface area (Å²) in [7, 11) is 0. The zero-order chi connectivity index (χ0) is 16.2. The molecule has 23 heavy (non-hydrogen) atoms. The lowest BCUT2D eigenvalue weighted by Crippen LogP contribution is -2.06. The molecule has 0 fully saturated rings. The van der Waals surface area contributed by atoms with E-state index in [9.17, 15) is 0 Å². The number of aryl methyl sites for hydroxylation is 1. The molecule has 0 aliphatic carbocycles. The van der Waals surface area contributed by atoms with Gasteiger partial charge in [-0.1, -0.05) is 17.7 Å². The van der Waals surface area contributed by atoms with Crippen molar-refractivity contribution in [3.63, 3.8) is 0 Å². The second kappa shape index (κ2) is 6.45. The molecule has 3 aromatic heterocycles. The molecule has 0 aromatic carbocycles. The first-order chi connectivity index (χ1) is 11.1. The normalized spacial score (nSPS) is 10.3. The van der Waals surface area contributed by atoms with Crippen LogP contribution in [0.15, 0.2) is 42.9 Å². The Balaban J connectivity index is 1.84. The second-order valence-electron chi connectivity index (χ2n) is 4.76. The number of pyridine rings is 2. The molecule has 3 rings (SSSR count). The molecule has 0 spiro atoms. The summed E-state index contributed by atoms with van der Waals surface area (Å²) in [4.78, 5) is 16.8. The van der Waals surface area contributed by atoms with Crippen LogP contribution in [0.5, 0.6) is 0 Å². The summed E-state index contributed by atoms with van der Waals surface area (Å²) in [6.45, 7) is 1.91. The van der Waals surface area contributed by atoms with E-state index >= 15 is 0 Å². The maximum atomic E-state index is 6.12. The van der Waals surface area contributed by atoms with Gasteiger partial charge in [-0.05, 0) is 31.2 Å². The monoisotopic (exact) mass is 327 g/mol. The average molecular weight is 328 g/mol. The van der Waals surface area contributed by atoms with Gasteiger partial charge < -0.3 is 16.4 Å². The Kier molecular flexibility index (Phi) is 4.20. The van der Waals surface area contributed by atoms with Crippen molar-refractivity contribution >= 4 is 40.6 Å². The van der Waals surface area contributed by atoms with Gasteiger partial charge in [-0.3, -0.25) is 0 Å². The van der Waals surface area contributed by atoms with Crippen molar-refractivity contribution < 1.29 is 0 Å². The molecule has 0 saturated heterocycles. The maximum absolute atomic E-state index is 6.12. The van der Waals surface area contributed by atoms with Gasteiger partial charge in [0.05, 0.1) is 5.02 Å². The van der Waals surface area contributed by atoms with E-state index in [0.717, 1.165) is 5.69 Å². The molecule has 116 valence electrons. The number of nitrogens with two attached hydrogens (primary N) is 1. The number of nitrogens with zero attached hydrogens (tertiary/aromatic N) is 4. The molecule has 0 aliphatic rings. The van der Waals surface area contributed by atoms with Crippen LogP contribution in [-0.2, 0) is 0 Å². The molecule has 4 N–H and O–H groups in total. The fraction of sp³-hybridized carbons (Fsp3) is 0.0667. The molecule has 0 saturated carbocycles. The Labute approximate surface area is 138 Å². The predicted octanol–water partition coefficient (Wildman–Crippen LogP) is 3.30. The first-order valence-electron chi connectivity index (χ1n) is 6.81. The van der Waals surface area contributed by atoms with Gasteiger partial charge in [0.1, 0.15) is 23.7 Å². The molecule has 8 heteroatoms. The summed E-state index contributed by atoms with van der Waals surface area (Å²) in [6.07, 6.45) is 2.95. The van der Waals surface area contributed by atoms with E-state index in [1.807, 2.05) is 25.1 Å². The topological polar surface area (TPSA) is 102 Å². The lowest BCUT2D eigenvalue weighted by atomic mass is 10.3. The standard InChI is InChI=1S/C15H14ClN7/c1-9-3-2-4-12(21-9)23-15-13(17)14(19-8-20-15)22-11-6-5-10(16)7-18-11/h2-8H,17H2,1H3,(H2,18,19,20,21,22,23). The third kappa shape index (κ3) is 3.64. The molecule has 0 bridgehead atoms. The average Bonchev–Trinajstić information content (AvgIpc) is 2.53. The van der Waals surface area contributed by atoms with Gasteiger partial charge in [-0.15, -0.1) is 0 Å². The number of halogens is 1. The van der Waals surface area contributed by atoms with Crippen LogP contribution < -0.4 is 16.4 Å². The fourth-order valence-electron chi connectivity index (χ4n) is 1.90. The third-order valence-electron chi connectivity index (χ3n) is 2.99. The van der Waals surface area contributed by atoms with E-state index in [4.69, 9.17) is 17.3 Å². The highest BCUT2D eigenvalue weighted by molar-refractivity contribution is 6.30. The molecule has 3 aromatic rings. The molecule has 0 radical (unpaired) electrons. The molecule has 0 amide bonds. The second-order valence-corrected chi connectivity index (χ2v) is 5.20. The Hall–Kier alpha value is -2.93. The van der Waals surface area contributed by atoms with Crippen LogP contribution in [0.25, 0.3) is 0 Å². The van der Waals surface area contributed by atoms with E-state index in [0.29, 0.717) is 34.0 Å². The highest BCUT2D eigenvalue weighted by Gasteiger charge is 2.09. The predicted molar refractivity (Wildman–Crippen MR) is 91.2 cm³/mol. The Morgan fingerprint density at radius 3 is 2.35 bits per heavy atom. The van der Waals surface area contributed by atoms with Gasteiger partial charge in [0.15, 0.2) is 11.6 Å². The molecule has 3 heterocycles. The van der Waals surface area contributed by atoms with Crippen molar-refractivity contribution in [1.82, 2.24) is 19.9 Å². The van der Waals surface area contributed by atoms with E-state index in [1.54, 1.807) is 12.1 Å². The SMILES string of the molecule is Cc1cccc(Nc2ncnc(Nc3ccc(Cl)cn3)c2N)n1. The Bertz CT molecular complexity index is 820. The van der Waals surface area contributed by atoms with Crippen molar-refractivity contribution in [3.05, 3.63) is 53.6 Å². The summed E-state index contributed by atoms with van der Waals surface area (Å²) >= 11 is 5.82. The van der Waals surface area contributed by atoms with Crippen LogP contribution in [0.2, 0.25) is 5.02 Å². The lowest BCUT2D eigenvalue weighted by molar-refractivity contribution is 1.14. The number of hydrogen-bond acceptors (Lipinski definition) is 7. The van der Waals surface area contributed by atoms with Crippen LogP contribution in [0.3, 0.4) is 0 Å². The molecule has 0 unspecified atom stereocenters. The fourth-order valence-corrected chi connectivity index (χ4v) is 2.01. The van der Waals surface area contributed by atoms with E-state index in [1.165, 1.54) is 12.5 Å². The largest absolute Gasteiger partial charge is 0.393 e. The zero-order valence-electron chi connectivity index (χ0n) is 12.3. The minimum absolute atomic E-state index is 0.368. The van der Waals surface area contributed by atoms with Gasteiger partial charge in [0.25, 0.3) is 0 Å². The summed E-state index contributed by atoms with van der Waals surface area (Å²) < 4.78 is 0. The van der Waals surface area contributed by atoms with Gasteiger partial charge in [0.2, 0.25) is 0 Å². The molecule has 7 nitrogen and oxygen atoms in total. The highest BCUT2D eigenvalue weighted by atomic mass is 35.5. The van der Waals surface area contributed by atoms with Crippen LogP contribution in [0.4, 0.5) is 29.0 Å². The minimum atomic E-state index is 0.368. The van der Waals surface area contributed by atoms with Crippen LogP contribution in [0, 0.1) is 6.92 Å². The smallest absolute Gasteiger partial charge is 0.160 e. The number of aromatic nitrogens is 4. The number of nitrogens with one attached hydrogen (secondary N) is 2. The Morgan fingerprint density at radius 1 is 0.957 bits per heavy atom. The van der Waals surface area contributed by atoms with E-state index in [2.05, 4.69) is 30.6 Å². The molecule has 0 aliphatic heterocycles. The Morgan fingerprint density at radius 2 is 1.70 bits per heavy atom. The molecule has 0 atom stereocenters. The van der Waals surface area contributed by atoms with E-state index < -0.39 is 0 Å². The summed E-state index contributed by atoms with van der Waals surface area (Å²) in [5.41, 5.74) is 7.38. The number of anilines is 5. The minimum Gasteiger partial charge on any atom is -0.393 e. The number of nitrogen functional groups attached to an aromatic ring is 1. The maximum Gasteiger partial charge on any atom is 0.160 e. The van der Waals surface area contributed by atoms with Gasteiger partial charge in [-0.25, -0.2) is 19.9 Å². The van der Waals surface area contributed by atoms with Crippen LogP contribution in [0.1, 0.15) is 5.69 Å². The van der Waals surface area contributed by atoms with Crippen molar-refractivity contribution in [1.29, 1.82) is 0 Å². The van der Waals surface area contributed by atoms with Crippen molar-refractivity contribution in [3.8, 4) is 0 Å². The van der Waals surface area contributed by atoms with E-state index in [-0.39, 0.29) is 0 Å². The third-order valence-corrected chi connectivity index (χ3v) is 3.22. The van der Waals surface area contributed by atoms with Crippen LogP contribution >= 0.6 is 11.6 Å². The molecular formula is C15H14ClN7.